The second-order valence-corrected chi connectivity index (χ2v) is 3.10. The molecule has 0 aliphatic heterocycles. The summed E-state index contributed by atoms with van der Waals surface area (Å²) < 4.78 is 4.38. The van der Waals surface area contributed by atoms with Gasteiger partial charge in [-0.1, -0.05) is 0 Å². The Hall–Kier alpha value is -1.43. The maximum atomic E-state index is 11.3. The molecule has 86 valence electrons. The topological polar surface area (TPSA) is 98.5 Å². The predicted octanol–water partition coefficient (Wildman–Crippen LogP) is -0.680. The summed E-state index contributed by atoms with van der Waals surface area (Å²) in [6, 6.07) is -0.796. The minimum Gasteiger partial charge on any atom is -0.392 e. The highest BCUT2D eigenvalue weighted by Gasteiger charge is 2.21. The van der Waals surface area contributed by atoms with Crippen LogP contribution in [-0.2, 0) is 19.1 Å². The van der Waals surface area contributed by atoms with Crippen LogP contribution in [0.25, 0.3) is 0 Å². The van der Waals surface area contributed by atoms with Crippen molar-refractivity contribution >= 4 is 17.8 Å². The molecule has 0 radical (unpaired) electrons. The fourth-order valence-corrected chi connectivity index (χ4v) is 1.03. The van der Waals surface area contributed by atoms with E-state index in [9.17, 15) is 14.4 Å². The molecule has 0 rings (SSSR count). The summed E-state index contributed by atoms with van der Waals surface area (Å²) in [4.78, 5) is 32.6. The van der Waals surface area contributed by atoms with E-state index in [2.05, 4.69) is 10.1 Å². The molecule has 0 spiro atoms. The van der Waals surface area contributed by atoms with Gasteiger partial charge in [-0.05, 0) is 19.4 Å². The van der Waals surface area contributed by atoms with Gasteiger partial charge < -0.3 is 15.8 Å². The number of hydrogen-bond acceptors (Lipinski definition) is 5. The Morgan fingerprint density at radius 2 is 1.93 bits per heavy atom. The summed E-state index contributed by atoms with van der Waals surface area (Å²) in [6.45, 7) is 2.82. The van der Waals surface area contributed by atoms with Crippen molar-refractivity contribution in [1.82, 2.24) is 5.32 Å². The van der Waals surface area contributed by atoms with Gasteiger partial charge in [-0.2, -0.15) is 0 Å². The summed E-state index contributed by atoms with van der Waals surface area (Å²) in [5, 5.41) is 2.40. The first-order chi connectivity index (χ1) is 6.97. The van der Waals surface area contributed by atoms with Gasteiger partial charge in [0.1, 0.15) is 6.04 Å². The van der Waals surface area contributed by atoms with Crippen LogP contribution in [0.1, 0.15) is 26.7 Å². The van der Waals surface area contributed by atoms with E-state index in [-0.39, 0.29) is 5.91 Å². The van der Waals surface area contributed by atoms with Crippen molar-refractivity contribution in [3.63, 3.8) is 0 Å². The number of nitrogens with one attached hydrogen (secondary N) is 1. The number of ether oxygens (including phenoxy) is 1. The second kappa shape index (κ2) is 6.94. The van der Waals surface area contributed by atoms with Gasteiger partial charge in [0.2, 0.25) is 5.91 Å². The van der Waals surface area contributed by atoms with E-state index in [1.54, 1.807) is 0 Å². The van der Waals surface area contributed by atoms with E-state index in [0.717, 1.165) is 6.92 Å². The number of carbonyl (C=O) groups is 3. The van der Waals surface area contributed by atoms with Crippen molar-refractivity contribution in [1.29, 1.82) is 0 Å². The molecule has 6 heteroatoms. The van der Waals surface area contributed by atoms with Crippen molar-refractivity contribution < 1.29 is 19.1 Å². The zero-order valence-electron chi connectivity index (χ0n) is 8.91. The monoisotopic (exact) mass is 216 g/mol. The summed E-state index contributed by atoms with van der Waals surface area (Å²) in [7, 11) is 0. The third kappa shape index (κ3) is 6.62. The van der Waals surface area contributed by atoms with E-state index in [0.29, 0.717) is 19.4 Å². The van der Waals surface area contributed by atoms with Crippen LogP contribution >= 0.6 is 0 Å². The lowest BCUT2D eigenvalue weighted by Crippen LogP contribution is -2.41. The van der Waals surface area contributed by atoms with Crippen LogP contribution in [0, 0.1) is 0 Å². The Labute approximate surface area is 88.1 Å². The van der Waals surface area contributed by atoms with Crippen LogP contribution in [0.3, 0.4) is 0 Å². The fourth-order valence-electron chi connectivity index (χ4n) is 1.03. The standard InChI is InChI=1S/C9H16N2O4/c1-6(12)11-8(4-3-5-10)9(14)15-7(2)13/h8H,3-5,10H2,1-2H3,(H,11,12)/t8-/m0/s1. The minimum absolute atomic E-state index is 0.350. The van der Waals surface area contributed by atoms with Crippen LogP contribution in [0.4, 0.5) is 0 Å². The lowest BCUT2D eigenvalue weighted by Gasteiger charge is -2.14. The predicted molar refractivity (Wildman–Crippen MR) is 52.7 cm³/mol. The molecule has 1 amide bonds. The van der Waals surface area contributed by atoms with Crippen LogP contribution in [0.15, 0.2) is 0 Å². The third-order valence-electron chi connectivity index (χ3n) is 1.60. The molecule has 0 fully saturated rings. The van der Waals surface area contributed by atoms with Crippen molar-refractivity contribution in [2.45, 2.75) is 32.7 Å². The van der Waals surface area contributed by atoms with E-state index < -0.39 is 18.0 Å². The van der Waals surface area contributed by atoms with Gasteiger partial charge in [-0.3, -0.25) is 9.59 Å². The van der Waals surface area contributed by atoms with Crippen LogP contribution in [0.2, 0.25) is 0 Å². The van der Waals surface area contributed by atoms with Crippen molar-refractivity contribution in [2.75, 3.05) is 6.54 Å². The summed E-state index contributed by atoms with van der Waals surface area (Å²) >= 11 is 0. The highest BCUT2D eigenvalue weighted by Crippen LogP contribution is 1.99. The number of hydrogen-bond donors (Lipinski definition) is 2. The van der Waals surface area contributed by atoms with E-state index in [1.807, 2.05) is 0 Å². The third-order valence-corrected chi connectivity index (χ3v) is 1.60. The zero-order chi connectivity index (χ0) is 11.8. The van der Waals surface area contributed by atoms with Gasteiger partial charge in [-0.15, -0.1) is 0 Å². The number of amides is 1. The van der Waals surface area contributed by atoms with Crippen molar-refractivity contribution in [2.24, 2.45) is 5.73 Å². The second-order valence-electron chi connectivity index (χ2n) is 3.10. The number of nitrogens with two attached hydrogens (primary N) is 1. The molecular weight excluding hydrogens is 200 g/mol. The van der Waals surface area contributed by atoms with Crippen LogP contribution in [-0.4, -0.2) is 30.4 Å². The van der Waals surface area contributed by atoms with Gasteiger partial charge in [-0.25, -0.2) is 4.79 Å². The van der Waals surface area contributed by atoms with E-state index >= 15 is 0 Å². The lowest BCUT2D eigenvalue weighted by molar-refractivity contribution is -0.160. The molecular formula is C9H16N2O4. The lowest BCUT2D eigenvalue weighted by atomic mass is 10.1. The quantitative estimate of drug-likeness (QED) is 0.468. The van der Waals surface area contributed by atoms with Crippen LogP contribution in [0.5, 0.6) is 0 Å². The Bertz CT molecular complexity index is 252. The maximum absolute atomic E-state index is 11.3. The Morgan fingerprint density at radius 1 is 1.33 bits per heavy atom. The molecule has 0 aromatic carbocycles. The van der Waals surface area contributed by atoms with Crippen molar-refractivity contribution in [3.05, 3.63) is 0 Å². The molecule has 0 bridgehead atoms. The zero-order valence-corrected chi connectivity index (χ0v) is 8.91. The molecule has 0 aromatic heterocycles. The van der Waals surface area contributed by atoms with Gasteiger partial charge >= 0.3 is 11.9 Å². The molecule has 0 unspecified atom stereocenters. The normalized spacial score (nSPS) is 11.7. The molecule has 0 saturated heterocycles. The van der Waals surface area contributed by atoms with Crippen LogP contribution < -0.4 is 11.1 Å². The maximum Gasteiger partial charge on any atom is 0.336 e. The number of rotatable bonds is 5. The minimum atomic E-state index is -0.796. The summed E-state index contributed by atoms with van der Waals surface area (Å²) in [5.74, 6) is -1.79. The first kappa shape index (κ1) is 13.6. The summed E-state index contributed by atoms with van der Waals surface area (Å²) in [5.41, 5.74) is 5.28. The molecule has 1 atom stereocenters. The Kier molecular flexibility index (Phi) is 6.28. The highest BCUT2D eigenvalue weighted by molar-refractivity contribution is 5.90. The molecule has 15 heavy (non-hydrogen) atoms. The van der Waals surface area contributed by atoms with Gasteiger partial charge in [0.05, 0.1) is 0 Å². The molecule has 6 nitrogen and oxygen atoms in total. The summed E-state index contributed by atoms with van der Waals surface area (Å²) in [6.07, 6.45) is 0.931. The number of esters is 2. The average Bonchev–Trinajstić information content (AvgIpc) is 2.10. The van der Waals surface area contributed by atoms with Gasteiger partial charge in [0, 0.05) is 13.8 Å². The molecule has 0 saturated carbocycles. The molecule has 0 heterocycles. The van der Waals surface area contributed by atoms with Crippen molar-refractivity contribution in [3.8, 4) is 0 Å². The smallest absolute Gasteiger partial charge is 0.336 e. The molecule has 0 aliphatic carbocycles. The molecule has 3 N–H and O–H groups in total. The SMILES string of the molecule is CC(=O)N[C@@H](CCCN)C(=O)OC(C)=O. The molecule has 0 aliphatic rings. The fraction of sp³-hybridized carbons (Fsp3) is 0.667. The Morgan fingerprint density at radius 3 is 2.33 bits per heavy atom. The first-order valence-corrected chi connectivity index (χ1v) is 4.66. The molecule has 0 aromatic rings. The first-order valence-electron chi connectivity index (χ1n) is 4.66. The Balaban J connectivity index is 4.26. The van der Waals surface area contributed by atoms with Gasteiger partial charge in [0.15, 0.2) is 0 Å². The van der Waals surface area contributed by atoms with Gasteiger partial charge in [0.25, 0.3) is 0 Å². The highest BCUT2D eigenvalue weighted by atomic mass is 16.6. The average molecular weight is 216 g/mol. The van der Waals surface area contributed by atoms with E-state index in [1.165, 1.54) is 6.92 Å². The largest absolute Gasteiger partial charge is 0.392 e. The van der Waals surface area contributed by atoms with E-state index in [4.69, 9.17) is 5.73 Å². The number of carbonyl (C=O) groups excluding carboxylic acids is 3.